The number of hydrogen-bond acceptors (Lipinski definition) is 4. The molecule has 7 heteroatoms. The van der Waals surface area contributed by atoms with E-state index in [9.17, 15) is 9.59 Å². The van der Waals surface area contributed by atoms with Gasteiger partial charge in [-0.25, -0.2) is 0 Å². The van der Waals surface area contributed by atoms with E-state index in [4.69, 9.17) is 21.1 Å². The van der Waals surface area contributed by atoms with Crippen LogP contribution in [0.3, 0.4) is 0 Å². The topological polar surface area (TPSA) is 67.9 Å². The van der Waals surface area contributed by atoms with Crippen LogP contribution in [0.15, 0.2) is 42.5 Å². The van der Waals surface area contributed by atoms with Gasteiger partial charge in [0.1, 0.15) is 6.04 Å². The summed E-state index contributed by atoms with van der Waals surface area (Å²) in [5, 5.41) is 3.58. The van der Waals surface area contributed by atoms with Crippen molar-refractivity contribution >= 4 is 23.4 Å². The highest BCUT2D eigenvalue weighted by molar-refractivity contribution is 6.30. The van der Waals surface area contributed by atoms with E-state index in [1.54, 1.807) is 17.0 Å². The molecule has 2 rings (SSSR count). The Morgan fingerprint density at radius 3 is 2.21 bits per heavy atom. The molecule has 0 aliphatic rings. The molecule has 0 aromatic heterocycles. The van der Waals surface area contributed by atoms with Crippen molar-refractivity contribution < 1.29 is 19.1 Å². The SMILES string of the molecule is CCCNC(=O)[C@H](CC)N(Cc1ccc(Cl)cc1)C(=O)CCc1ccc(OCC)c(OCC)c1. The molecule has 0 saturated carbocycles. The second-order valence-corrected chi connectivity index (χ2v) is 8.45. The second-order valence-electron chi connectivity index (χ2n) is 8.01. The number of aryl methyl sites for hydroxylation is 1. The molecule has 0 aliphatic heterocycles. The summed E-state index contributed by atoms with van der Waals surface area (Å²) in [6.45, 7) is 9.81. The Kier molecular flexibility index (Phi) is 11.7. The summed E-state index contributed by atoms with van der Waals surface area (Å²) in [6, 6.07) is 12.6. The Bertz CT molecular complexity index is 917. The van der Waals surface area contributed by atoms with Gasteiger partial charge in [-0.05, 0) is 68.5 Å². The molecule has 0 saturated heterocycles. The number of hydrogen-bond donors (Lipinski definition) is 1. The largest absolute Gasteiger partial charge is 0.490 e. The quantitative estimate of drug-likeness (QED) is 0.386. The molecule has 1 N–H and O–H groups in total. The van der Waals surface area contributed by atoms with Crippen LogP contribution in [0, 0.1) is 0 Å². The third-order valence-corrected chi connectivity index (χ3v) is 5.69. The highest BCUT2D eigenvalue weighted by Gasteiger charge is 2.28. The van der Waals surface area contributed by atoms with Crippen molar-refractivity contribution in [1.29, 1.82) is 0 Å². The normalized spacial score (nSPS) is 11.6. The molecule has 6 nitrogen and oxygen atoms in total. The smallest absolute Gasteiger partial charge is 0.242 e. The summed E-state index contributed by atoms with van der Waals surface area (Å²) in [5.41, 5.74) is 1.91. The van der Waals surface area contributed by atoms with E-state index in [-0.39, 0.29) is 18.2 Å². The lowest BCUT2D eigenvalue weighted by molar-refractivity contribution is -0.141. The van der Waals surface area contributed by atoms with Crippen molar-refractivity contribution in [2.75, 3.05) is 19.8 Å². The summed E-state index contributed by atoms with van der Waals surface area (Å²) in [6.07, 6.45) is 2.19. The summed E-state index contributed by atoms with van der Waals surface area (Å²) >= 11 is 6.03. The molecule has 2 amide bonds. The van der Waals surface area contributed by atoms with Crippen LogP contribution in [0.25, 0.3) is 0 Å². The Balaban J connectivity index is 2.20. The number of carbonyl (C=O) groups is 2. The molecule has 0 unspecified atom stereocenters. The average Bonchev–Trinajstić information content (AvgIpc) is 2.84. The van der Waals surface area contributed by atoms with Crippen molar-refractivity contribution in [3.8, 4) is 11.5 Å². The molecular weight excluding hydrogens is 452 g/mol. The molecule has 2 aromatic rings. The van der Waals surface area contributed by atoms with Crippen LogP contribution in [-0.2, 0) is 22.6 Å². The van der Waals surface area contributed by atoms with E-state index in [1.807, 2.05) is 58.0 Å². The number of halogens is 1. The first kappa shape index (κ1) is 27.5. The maximum absolute atomic E-state index is 13.4. The van der Waals surface area contributed by atoms with Gasteiger partial charge in [0.05, 0.1) is 13.2 Å². The van der Waals surface area contributed by atoms with E-state index in [0.29, 0.717) is 55.7 Å². The molecule has 34 heavy (non-hydrogen) atoms. The van der Waals surface area contributed by atoms with E-state index in [1.165, 1.54) is 0 Å². The van der Waals surface area contributed by atoms with Gasteiger partial charge < -0.3 is 19.7 Å². The summed E-state index contributed by atoms with van der Waals surface area (Å²) in [5.74, 6) is 1.19. The van der Waals surface area contributed by atoms with Crippen molar-refractivity contribution in [3.05, 3.63) is 58.6 Å². The monoisotopic (exact) mass is 488 g/mol. The minimum absolute atomic E-state index is 0.0692. The highest BCUT2D eigenvalue weighted by atomic mass is 35.5. The fourth-order valence-corrected chi connectivity index (χ4v) is 3.84. The Hall–Kier alpha value is -2.73. The zero-order chi connectivity index (χ0) is 24.9. The predicted molar refractivity (Wildman–Crippen MR) is 136 cm³/mol. The Labute approximate surface area is 208 Å². The van der Waals surface area contributed by atoms with E-state index in [2.05, 4.69) is 5.32 Å². The Morgan fingerprint density at radius 2 is 1.59 bits per heavy atom. The standard InChI is InChI=1S/C27H37ClN2O4/c1-5-17-29-27(32)23(6-2)30(19-21-9-13-22(28)14-10-21)26(31)16-12-20-11-15-24(33-7-3)25(18-20)34-8-4/h9-11,13-15,18,23H,5-8,12,16-17,19H2,1-4H3,(H,29,32)/t23-/m0/s1. The van der Waals surface area contributed by atoms with Gasteiger partial charge in [-0.2, -0.15) is 0 Å². The van der Waals surface area contributed by atoms with Crippen molar-refractivity contribution in [2.24, 2.45) is 0 Å². The third kappa shape index (κ3) is 8.24. The summed E-state index contributed by atoms with van der Waals surface area (Å²) in [4.78, 5) is 28.0. The molecule has 2 aromatic carbocycles. The molecule has 186 valence electrons. The van der Waals surface area contributed by atoms with Crippen molar-refractivity contribution in [2.45, 2.75) is 66.0 Å². The van der Waals surface area contributed by atoms with Crippen LogP contribution in [0.2, 0.25) is 5.02 Å². The third-order valence-electron chi connectivity index (χ3n) is 5.44. The second kappa shape index (κ2) is 14.5. The van der Waals surface area contributed by atoms with Crippen LogP contribution in [0.4, 0.5) is 0 Å². The Morgan fingerprint density at radius 1 is 0.941 bits per heavy atom. The van der Waals surface area contributed by atoms with Crippen LogP contribution >= 0.6 is 11.6 Å². The van der Waals surface area contributed by atoms with Gasteiger partial charge in [0.2, 0.25) is 11.8 Å². The van der Waals surface area contributed by atoms with E-state index < -0.39 is 6.04 Å². The van der Waals surface area contributed by atoms with Gasteiger partial charge in [-0.1, -0.05) is 43.6 Å². The number of benzene rings is 2. The maximum Gasteiger partial charge on any atom is 0.242 e. The number of nitrogens with zero attached hydrogens (tertiary/aromatic N) is 1. The minimum Gasteiger partial charge on any atom is -0.490 e. The molecule has 1 atom stereocenters. The molecule has 0 bridgehead atoms. The average molecular weight is 489 g/mol. The van der Waals surface area contributed by atoms with Gasteiger partial charge in [-0.15, -0.1) is 0 Å². The number of amides is 2. The van der Waals surface area contributed by atoms with Crippen LogP contribution < -0.4 is 14.8 Å². The molecule has 0 fully saturated rings. The lowest BCUT2D eigenvalue weighted by atomic mass is 10.1. The van der Waals surface area contributed by atoms with Crippen LogP contribution in [0.5, 0.6) is 11.5 Å². The van der Waals surface area contributed by atoms with E-state index in [0.717, 1.165) is 17.5 Å². The lowest BCUT2D eigenvalue weighted by Crippen LogP contribution is -2.49. The van der Waals surface area contributed by atoms with Gasteiger partial charge in [0.15, 0.2) is 11.5 Å². The van der Waals surface area contributed by atoms with Crippen LogP contribution in [0.1, 0.15) is 58.1 Å². The summed E-state index contributed by atoms with van der Waals surface area (Å²) in [7, 11) is 0. The van der Waals surface area contributed by atoms with Gasteiger partial charge in [-0.3, -0.25) is 9.59 Å². The fraction of sp³-hybridized carbons (Fsp3) is 0.481. The number of ether oxygens (including phenoxy) is 2. The van der Waals surface area contributed by atoms with Crippen molar-refractivity contribution in [1.82, 2.24) is 10.2 Å². The first-order valence-electron chi connectivity index (χ1n) is 12.1. The van der Waals surface area contributed by atoms with Gasteiger partial charge >= 0.3 is 0 Å². The molecule has 0 heterocycles. The zero-order valence-corrected chi connectivity index (χ0v) is 21.5. The number of rotatable bonds is 14. The molecular formula is C27H37ClN2O4. The van der Waals surface area contributed by atoms with Crippen molar-refractivity contribution in [3.63, 3.8) is 0 Å². The molecule has 0 radical (unpaired) electrons. The summed E-state index contributed by atoms with van der Waals surface area (Å²) < 4.78 is 11.3. The highest BCUT2D eigenvalue weighted by Crippen LogP contribution is 2.29. The van der Waals surface area contributed by atoms with Gasteiger partial charge in [0, 0.05) is 24.5 Å². The number of carbonyl (C=O) groups excluding carboxylic acids is 2. The van der Waals surface area contributed by atoms with E-state index >= 15 is 0 Å². The zero-order valence-electron chi connectivity index (χ0n) is 20.7. The number of nitrogens with one attached hydrogen (secondary N) is 1. The van der Waals surface area contributed by atoms with Crippen LogP contribution in [-0.4, -0.2) is 42.5 Å². The first-order valence-corrected chi connectivity index (χ1v) is 12.5. The maximum atomic E-state index is 13.4. The fourth-order valence-electron chi connectivity index (χ4n) is 3.72. The molecule has 0 aliphatic carbocycles. The lowest BCUT2D eigenvalue weighted by Gasteiger charge is -2.31. The first-order chi connectivity index (χ1) is 16.4. The molecule has 0 spiro atoms. The minimum atomic E-state index is -0.533. The van der Waals surface area contributed by atoms with Gasteiger partial charge in [0.25, 0.3) is 0 Å². The predicted octanol–water partition coefficient (Wildman–Crippen LogP) is 5.40.